The van der Waals surface area contributed by atoms with Crippen LogP contribution in [0.4, 0.5) is 4.79 Å². The molecule has 0 bridgehead atoms. The molecule has 0 fully saturated rings. The van der Waals surface area contributed by atoms with Crippen molar-refractivity contribution in [3.05, 3.63) is 0 Å². The summed E-state index contributed by atoms with van der Waals surface area (Å²) in [5, 5.41) is 2.63. The van der Waals surface area contributed by atoms with Crippen molar-refractivity contribution >= 4 is 18.0 Å². The number of nitrogens with one attached hydrogen (secondary N) is 2. The molecule has 0 saturated carbocycles. The van der Waals surface area contributed by atoms with Crippen molar-refractivity contribution in [3.63, 3.8) is 0 Å². The minimum atomic E-state index is -0.0963. The van der Waals surface area contributed by atoms with Crippen LogP contribution in [0.1, 0.15) is 20.3 Å². The minimum absolute atomic E-state index is 0.0963. The maximum Gasteiger partial charge on any atom is 0.324 e. The molecule has 0 heterocycles. The molecule has 60 valence electrons. The third-order valence-corrected chi connectivity index (χ3v) is 1.75. The van der Waals surface area contributed by atoms with Crippen LogP contribution < -0.4 is 10.0 Å². The molecule has 0 aromatic heterocycles. The number of amides is 2. The van der Waals surface area contributed by atoms with Gasteiger partial charge in [-0.3, -0.25) is 4.72 Å². The van der Waals surface area contributed by atoms with Crippen molar-refractivity contribution in [3.8, 4) is 0 Å². The summed E-state index contributed by atoms with van der Waals surface area (Å²) in [6.07, 6.45) is 1.08. The molecule has 0 saturated heterocycles. The summed E-state index contributed by atoms with van der Waals surface area (Å²) in [6.45, 7) is 4.65. The predicted molar refractivity (Wildman–Crippen MR) is 45.0 cm³/mol. The maximum absolute atomic E-state index is 10.7. The molecule has 0 rings (SSSR count). The van der Waals surface area contributed by atoms with E-state index >= 15 is 0 Å². The van der Waals surface area contributed by atoms with Gasteiger partial charge in [0, 0.05) is 12.3 Å². The molecule has 0 aliphatic carbocycles. The number of hydrogen-bond donors (Lipinski definition) is 2. The summed E-state index contributed by atoms with van der Waals surface area (Å²) in [6, 6.07) is -0.0963. The van der Waals surface area contributed by atoms with Crippen molar-refractivity contribution in [1.29, 1.82) is 0 Å². The number of rotatable bonds is 4. The van der Waals surface area contributed by atoms with Gasteiger partial charge in [0.15, 0.2) is 0 Å². The third kappa shape index (κ3) is 5.75. The Kier molecular flexibility index (Phi) is 6.48. The largest absolute Gasteiger partial charge is 0.338 e. The molecule has 0 spiro atoms. The summed E-state index contributed by atoms with van der Waals surface area (Å²) in [5.41, 5.74) is 0. The molecule has 0 radical (unpaired) electrons. The lowest BCUT2D eigenvalue weighted by Gasteiger charge is -2.02. The second kappa shape index (κ2) is 6.74. The molecule has 10 heavy (non-hydrogen) atoms. The van der Waals surface area contributed by atoms with Crippen LogP contribution in [0.2, 0.25) is 0 Å². The van der Waals surface area contributed by atoms with Crippen LogP contribution in [0, 0.1) is 0 Å². The normalized spacial score (nSPS) is 9.00. The fourth-order valence-corrected chi connectivity index (χ4v) is 0.925. The molecule has 0 aliphatic heterocycles. The zero-order valence-corrected chi connectivity index (χ0v) is 7.25. The van der Waals surface area contributed by atoms with Gasteiger partial charge >= 0.3 is 6.03 Å². The van der Waals surface area contributed by atoms with Crippen molar-refractivity contribution in [2.24, 2.45) is 0 Å². The molecule has 0 aromatic carbocycles. The Morgan fingerprint density at radius 1 is 1.50 bits per heavy atom. The monoisotopic (exact) mass is 162 g/mol. The molecular weight excluding hydrogens is 148 g/mol. The van der Waals surface area contributed by atoms with Crippen LogP contribution in [-0.4, -0.2) is 18.3 Å². The van der Waals surface area contributed by atoms with E-state index in [0.717, 1.165) is 12.2 Å². The Balaban J connectivity index is 3.05. The van der Waals surface area contributed by atoms with Crippen LogP contribution >= 0.6 is 11.9 Å². The van der Waals surface area contributed by atoms with E-state index in [1.807, 2.05) is 6.92 Å². The predicted octanol–water partition coefficient (Wildman–Crippen LogP) is 1.36. The Morgan fingerprint density at radius 3 is 2.70 bits per heavy atom. The molecule has 0 unspecified atom stereocenters. The average molecular weight is 162 g/mol. The molecule has 2 amide bonds. The van der Waals surface area contributed by atoms with E-state index in [-0.39, 0.29) is 6.03 Å². The summed E-state index contributed by atoms with van der Waals surface area (Å²) in [5.74, 6) is 0.969. The van der Waals surface area contributed by atoms with E-state index in [1.165, 1.54) is 11.9 Å². The second-order valence-electron chi connectivity index (χ2n) is 1.81. The summed E-state index contributed by atoms with van der Waals surface area (Å²) in [4.78, 5) is 10.7. The van der Waals surface area contributed by atoms with Gasteiger partial charge in [-0.1, -0.05) is 6.92 Å². The first-order valence-electron chi connectivity index (χ1n) is 3.46. The van der Waals surface area contributed by atoms with E-state index in [0.29, 0.717) is 6.54 Å². The molecule has 3 nitrogen and oxygen atoms in total. The van der Waals surface area contributed by atoms with Crippen molar-refractivity contribution in [2.45, 2.75) is 20.3 Å². The van der Waals surface area contributed by atoms with Crippen LogP contribution in [-0.2, 0) is 0 Å². The average Bonchev–Trinajstić information content (AvgIpc) is 1.89. The van der Waals surface area contributed by atoms with Gasteiger partial charge in [-0.25, -0.2) is 4.79 Å². The Labute approximate surface area is 66.1 Å². The Morgan fingerprint density at radius 2 is 2.20 bits per heavy atom. The summed E-state index contributed by atoms with van der Waals surface area (Å²) < 4.78 is 2.65. The van der Waals surface area contributed by atoms with E-state index in [1.54, 1.807) is 0 Å². The van der Waals surface area contributed by atoms with Crippen molar-refractivity contribution in [1.82, 2.24) is 10.0 Å². The van der Waals surface area contributed by atoms with Gasteiger partial charge in [0.2, 0.25) is 0 Å². The molecule has 0 aromatic rings. The summed E-state index contributed by atoms with van der Waals surface area (Å²) >= 11 is 1.44. The first kappa shape index (κ1) is 9.62. The van der Waals surface area contributed by atoms with Crippen molar-refractivity contribution in [2.75, 3.05) is 12.3 Å². The Hall–Kier alpha value is -0.380. The van der Waals surface area contributed by atoms with Gasteiger partial charge in [-0.15, -0.1) is 0 Å². The highest BCUT2D eigenvalue weighted by atomic mass is 32.2. The van der Waals surface area contributed by atoms with Gasteiger partial charge in [0.25, 0.3) is 0 Å². The fraction of sp³-hybridized carbons (Fsp3) is 0.833. The number of carbonyl (C=O) groups excluding carboxylic acids is 1. The van der Waals surface area contributed by atoms with Gasteiger partial charge in [0.1, 0.15) is 0 Å². The first-order chi connectivity index (χ1) is 4.81. The number of hydrogen-bond acceptors (Lipinski definition) is 2. The highest BCUT2D eigenvalue weighted by molar-refractivity contribution is 7.97. The van der Waals surface area contributed by atoms with Crippen LogP contribution in [0.5, 0.6) is 0 Å². The Bertz CT molecular complexity index is 97.7. The van der Waals surface area contributed by atoms with Crippen LogP contribution in [0.3, 0.4) is 0 Å². The number of carbonyl (C=O) groups is 1. The topological polar surface area (TPSA) is 41.1 Å². The molecule has 4 heteroatoms. The summed E-state index contributed by atoms with van der Waals surface area (Å²) in [7, 11) is 0. The highest BCUT2D eigenvalue weighted by Crippen LogP contribution is 1.93. The first-order valence-corrected chi connectivity index (χ1v) is 4.45. The van der Waals surface area contributed by atoms with Gasteiger partial charge in [-0.2, -0.15) is 0 Å². The minimum Gasteiger partial charge on any atom is -0.338 e. The maximum atomic E-state index is 10.7. The van der Waals surface area contributed by atoms with Gasteiger partial charge < -0.3 is 5.32 Å². The van der Waals surface area contributed by atoms with E-state index in [4.69, 9.17) is 0 Å². The molecule has 2 N–H and O–H groups in total. The fourth-order valence-electron chi connectivity index (χ4n) is 0.415. The lowest BCUT2D eigenvalue weighted by molar-refractivity contribution is 0.247. The zero-order valence-electron chi connectivity index (χ0n) is 6.44. The standard InChI is InChI=1S/C6H14N2OS/c1-3-5-10-8-6(9)7-4-2/h3-5H2,1-2H3,(H2,7,8,9). The molecule has 0 atom stereocenters. The molecular formula is C6H14N2OS. The van der Waals surface area contributed by atoms with Crippen LogP contribution in [0.15, 0.2) is 0 Å². The van der Waals surface area contributed by atoms with E-state index < -0.39 is 0 Å². The quantitative estimate of drug-likeness (QED) is 0.484. The lowest BCUT2D eigenvalue weighted by atomic mass is 10.6. The van der Waals surface area contributed by atoms with E-state index in [2.05, 4.69) is 17.0 Å². The zero-order chi connectivity index (χ0) is 7.82. The van der Waals surface area contributed by atoms with Crippen LogP contribution in [0.25, 0.3) is 0 Å². The lowest BCUT2D eigenvalue weighted by Crippen LogP contribution is -2.31. The van der Waals surface area contributed by atoms with Gasteiger partial charge in [0.05, 0.1) is 0 Å². The third-order valence-electron chi connectivity index (χ3n) is 0.808. The number of urea groups is 1. The van der Waals surface area contributed by atoms with Crippen molar-refractivity contribution < 1.29 is 4.79 Å². The SMILES string of the molecule is CCCSNC(=O)NCC. The second-order valence-corrected chi connectivity index (χ2v) is 2.71. The van der Waals surface area contributed by atoms with E-state index in [9.17, 15) is 4.79 Å². The smallest absolute Gasteiger partial charge is 0.324 e. The molecule has 0 aliphatic rings. The highest BCUT2D eigenvalue weighted by Gasteiger charge is 1.94. The van der Waals surface area contributed by atoms with Gasteiger partial charge in [-0.05, 0) is 25.3 Å².